The lowest BCUT2D eigenvalue weighted by atomic mass is 10.1. The molecule has 0 aliphatic rings. The summed E-state index contributed by atoms with van der Waals surface area (Å²) >= 11 is 0. The topological polar surface area (TPSA) is 70.1 Å². The Labute approximate surface area is 95.3 Å². The van der Waals surface area contributed by atoms with Crippen molar-refractivity contribution in [3.05, 3.63) is 29.8 Å². The minimum Gasteiger partial charge on any atom is -0.327 e. The zero-order valence-electron chi connectivity index (χ0n) is 9.47. The van der Waals surface area contributed by atoms with Crippen LogP contribution in [0.2, 0.25) is 0 Å². The molecule has 0 fully saturated rings. The number of hydrogen-bond acceptors (Lipinski definition) is 3. The van der Waals surface area contributed by atoms with Gasteiger partial charge >= 0.3 is 0 Å². The summed E-state index contributed by atoms with van der Waals surface area (Å²) in [7, 11) is 1.65. The van der Waals surface area contributed by atoms with Crippen LogP contribution in [0.1, 0.15) is 18.9 Å². The second-order valence-corrected chi connectivity index (χ2v) is 3.76. The number of para-hydroxylation sites is 1. The molecule has 1 atom stereocenters. The maximum absolute atomic E-state index is 11.8. The van der Waals surface area contributed by atoms with Gasteiger partial charge in [0.15, 0.2) is 0 Å². The van der Waals surface area contributed by atoms with E-state index in [4.69, 9.17) is 11.0 Å². The molecule has 4 heteroatoms. The molecule has 1 rings (SSSR count). The molecule has 0 aliphatic carbocycles. The number of hydrogen-bond donors (Lipinski definition) is 1. The first-order valence-electron chi connectivity index (χ1n) is 5.07. The molecule has 1 unspecified atom stereocenters. The Hall–Kier alpha value is -1.86. The van der Waals surface area contributed by atoms with Gasteiger partial charge in [0.2, 0.25) is 5.91 Å². The Morgan fingerprint density at radius 2 is 2.19 bits per heavy atom. The maximum atomic E-state index is 11.8. The van der Waals surface area contributed by atoms with Gasteiger partial charge in [0.25, 0.3) is 0 Å². The van der Waals surface area contributed by atoms with Gasteiger partial charge < -0.3 is 10.6 Å². The summed E-state index contributed by atoms with van der Waals surface area (Å²) in [4.78, 5) is 13.2. The van der Waals surface area contributed by atoms with Gasteiger partial charge in [0.1, 0.15) is 6.07 Å². The van der Waals surface area contributed by atoms with Crippen molar-refractivity contribution < 1.29 is 4.79 Å². The Kier molecular flexibility index (Phi) is 4.03. The van der Waals surface area contributed by atoms with E-state index in [1.807, 2.05) is 0 Å². The summed E-state index contributed by atoms with van der Waals surface area (Å²) in [5, 5.41) is 8.92. The van der Waals surface area contributed by atoms with E-state index in [0.29, 0.717) is 11.3 Å². The van der Waals surface area contributed by atoms with Crippen LogP contribution in [0.5, 0.6) is 0 Å². The molecule has 4 nitrogen and oxygen atoms in total. The number of carbonyl (C=O) groups excluding carboxylic acids is 1. The van der Waals surface area contributed by atoms with E-state index in [-0.39, 0.29) is 18.4 Å². The molecule has 0 aliphatic heterocycles. The number of amides is 1. The number of nitriles is 1. The van der Waals surface area contributed by atoms with Crippen molar-refractivity contribution in [2.45, 2.75) is 19.4 Å². The number of carbonyl (C=O) groups is 1. The molecular weight excluding hydrogens is 202 g/mol. The third kappa shape index (κ3) is 2.81. The van der Waals surface area contributed by atoms with E-state index in [1.165, 1.54) is 4.90 Å². The fourth-order valence-corrected chi connectivity index (χ4v) is 1.41. The maximum Gasteiger partial charge on any atom is 0.228 e. The minimum absolute atomic E-state index is 0.0855. The zero-order valence-corrected chi connectivity index (χ0v) is 9.47. The summed E-state index contributed by atoms with van der Waals surface area (Å²) in [6, 6.07) is 8.88. The van der Waals surface area contributed by atoms with Crippen LogP contribution in [0.25, 0.3) is 0 Å². The minimum atomic E-state index is -0.177. The van der Waals surface area contributed by atoms with Crippen LogP contribution in [0.4, 0.5) is 5.69 Å². The van der Waals surface area contributed by atoms with Crippen molar-refractivity contribution in [3.63, 3.8) is 0 Å². The third-order valence-corrected chi connectivity index (χ3v) is 2.26. The largest absolute Gasteiger partial charge is 0.327 e. The highest BCUT2D eigenvalue weighted by Crippen LogP contribution is 2.18. The summed E-state index contributed by atoms with van der Waals surface area (Å²) < 4.78 is 0. The molecule has 84 valence electrons. The lowest BCUT2D eigenvalue weighted by Gasteiger charge is -2.19. The van der Waals surface area contributed by atoms with Crippen molar-refractivity contribution in [1.29, 1.82) is 5.26 Å². The molecule has 0 spiro atoms. The summed E-state index contributed by atoms with van der Waals surface area (Å²) in [6.45, 7) is 1.78. The van der Waals surface area contributed by atoms with Crippen LogP contribution >= 0.6 is 0 Å². The molecule has 16 heavy (non-hydrogen) atoms. The first-order valence-corrected chi connectivity index (χ1v) is 5.07. The van der Waals surface area contributed by atoms with Gasteiger partial charge in [-0.3, -0.25) is 4.79 Å². The molecule has 1 amide bonds. The number of rotatable bonds is 3. The quantitative estimate of drug-likeness (QED) is 0.828. The summed E-state index contributed by atoms with van der Waals surface area (Å²) in [5.41, 5.74) is 6.68. The fraction of sp³-hybridized carbons (Fsp3) is 0.333. The lowest BCUT2D eigenvalue weighted by molar-refractivity contribution is -0.118. The molecule has 1 aromatic rings. The van der Waals surface area contributed by atoms with Crippen LogP contribution in [0.15, 0.2) is 24.3 Å². The van der Waals surface area contributed by atoms with Gasteiger partial charge in [-0.1, -0.05) is 12.1 Å². The molecule has 0 heterocycles. The van der Waals surface area contributed by atoms with Crippen molar-refractivity contribution in [1.82, 2.24) is 0 Å². The average Bonchev–Trinajstić information content (AvgIpc) is 2.27. The smallest absolute Gasteiger partial charge is 0.228 e. The second kappa shape index (κ2) is 5.29. The molecule has 0 aromatic heterocycles. The molecule has 0 radical (unpaired) electrons. The Bertz CT molecular complexity index is 421. The van der Waals surface area contributed by atoms with Crippen LogP contribution in [-0.4, -0.2) is 19.0 Å². The first-order chi connectivity index (χ1) is 7.56. The van der Waals surface area contributed by atoms with Crippen molar-refractivity contribution >= 4 is 11.6 Å². The molecule has 0 saturated heterocycles. The van der Waals surface area contributed by atoms with E-state index in [0.717, 1.165) is 0 Å². The number of nitrogens with two attached hydrogens (primary N) is 1. The Morgan fingerprint density at radius 1 is 1.56 bits per heavy atom. The number of anilines is 1. The molecular formula is C12H15N3O. The predicted molar refractivity (Wildman–Crippen MR) is 62.8 cm³/mol. The first kappa shape index (κ1) is 12.2. The Morgan fingerprint density at radius 3 is 2.75 bits per heavy atom. The van der Waals surface area contributed by atoms with Crippen LogP contribution in [-0.2, 0) is 4.79 Å². The van der Waals surface area contributed by atoms with Crippen molar-refractivity contribution in [3.8, 4) is 6.07 Å². The normalized spacial score (nSPS) is 11.6. The standard InChI is InChI=1S/C12H15N3O/c1-9(14)7-12(16)15(2)11-6-4-3-5-10(11)8-13/h3-6,9H,7,14H2,1-2H3. The predicted octanol–water partition coefficient (Wildman–Crippen LogP) is 1.26. The SMILES string of the molecule is CC(N)CC(=O)N(C)c1ccccc1C#N. The molecule has 1 aromatic carbocycles. The van der Waals surface area contributed by atoms with Gasteiger partial charge in [-0.25, -0.2) is 0 Å². The third-order valence-electron chi connectivity index (χ3n) is 2.26. The lowest BCUT2D eigenvalue weighted by Crippen LogP contribution is -2.32. The highest BCUT2D eigenvalue weighted by molar-refractivity contribution is 5.94. The molecule has 0 saturated carbocycles. The van der Waals surface area contributed by atoms with Crippen molar-refractivity contribution in [2.75, 3.05) is 11.9 Å². The van der Waals surface area contributed by atoms with Gasteiger partial charge in [-0.2, -0.15) is 5.26 Å². The summed E-state index contributed by atoms with van der Waals surface area (Å²) in [5.74, 6) is -0.0855. The highest BCUT2D eigenvalue weighted by Gasteiger charge is 2.15. The van der Waals surface area contributed by atoms with E-state index in [1.54, 1.807) is 38.2 Å². The molecule has 0 bridgehead atoms. The van der Waals surface area contributed by atoms with E-state index >= 15 is 0 Å². The summed E-state index contributed by atoms with van der Waals surface area (Å²) in [6.07, 6.45) is 0.274. The molecule has 2 N–H and O–H groups in total. The van der Waals surface area contributed by atoms with Crippen molar-refractivity contribution in [2.24, 2.45) is 5.73 Å². The fourth-order valence-electron chi connectivity index (χ4n) is 1.41. The van der Waals surface area contributed by atoms with Gasteiger partial charge in [-0.15, -0.1) is 0 Å². The zero-order chi connectivity index (χ0) is 12.1. The van der Waals surface area contributed by atoms with Gasteiger partial charge in [0, 0.05) is 19.5 Å². The van der Waals surface area contributed by atoms with Gasteiger partial charge in [0.05, 0.1) is 11.3 Å². The van der Waals surface area contributed by atoms with E-state index < -0.39 is 0 Å². The van der Waals surface area contributed by atoms with Gasteiger partial charge in [-0.05, 0) is 19.1 Å². The van der Waals surface area contributed by atoms with E-state index in [9.17, 15) is 4.79 Å². The highest BCUT2D eigenvalue weighted by atomic mass is 16.2. The average molecular weight is 217 g/mol. The Balaban J connectivity index is 2.92. The number of nitrogens with zero attached hydrogens (tertiary/aromatic N) is 2. The van der Waals surface area contributed by atoms with Crippen LogP contribution < -0.4 is 10.6 Å². The van der Waals surface area contributed by atoms with E-state index in [2.05, 4.69) is 6.07 Å². The number of benzene rings is 1. The van der Waals surface area contributed by atoms with Crippen LogP contribution in [0, 0.1) is 11.3 Å². The monoisotopic (exact) mass is 217 g/mol. The second-order valence-electron chi connectivity index (χ2n) is 3.76. The van der Waals surface area contributed by atoms with Crippen LogP contribution in [0.3, 0.4) is 0 Å².